The summed E-state index contributed by atoms with van der Waals surface area (Å²) in [6, 6.07) is 15.9. The summed E-state index contributed by atoms with van der Waals surface area (Å²) in [5.74, 6) is 0. The maximum atomic E-state index is 12.4. The molecule has 0 radical (unpaired) electrons. The molecule has 0 aromatic heterocycles. The summed E-state index contributed by atoms with van der Waals surface area (Å²) >= 11 is 1.67. The van der Waals surface area contributed by atoms with Gasteiger partial charge in [0.15, 0.2) is 0 Å². The fraction of sp³-hybridized carbons (Fsp3) is 0.188. The molecule has 4 heteroatoms. The van der Waals surface area contributed by atoms with Crippen molar-refractivity contribution < 1.29 is 4.79 Å². The second-order valence-electron chi connectivity index (χ2n) is 4.69. The van der Waals surface area contributed by atoms with E-state index in [9.17, 15) is 4.79 Å². The molecule has 2 aromatic carbocycles. The lowest BCUT2D eigenvalue weighted by molar-refractivity contribution is 0.257. The van der Waals surface area contributed by atoms with Crippen LogP contribution in [0.3, 0.4) is 0 Å². The first-order valence-corrected chi connectivity index (χ1v) is 7.81. The summed E-state index contributed by atoms with van der Waals surface area (Å²) in [4.78, 5) is 15.3. The molecule has 0 unspecified atom stereocenters. The molecular formula is C16H16N2OS. The molecule has 2 aromatic rings. The lowest BCUT2D eigenvalue weighted by Gasteiger charge is -2.18. The number of urea groups is 1. The van der Waals surface area contributed by atoms with Gasteiger partial charge in [0.1, 0.15) is 0 Å². The van der Waals surface area contributed by atoms with Gasteiger partial charge in [-0.3, -0.25) is 4.90 Å². The third-order valence-electron chi connectivity index (χ3n) is 3.45. The standard InChI is InChI=1S/C16H16N2OS/c1-20-14-7-4-6-13(11-14)17-16(19)18-10-9-12-5-2-3-8-15(12)18/h2-8,11H,9-10H2,1H3,(H,17,19). The van der Waals surface area contributed by atoms with Crippen LogP contribution < -0.4 is 10.2 Å². The van der Waals surface area contributed by atoms with E-state index in [0.29, 0.717) is 0 Å². The largest absolute Gasteiger partial charge is 0.326 e. The number of carbonyl (C=O) groups excluding carboxylic acids is 1. The number of nitrogens with one attached hydrogen (secondary N) is 1. The average molecular weight is 284 g/mol. The van der Waals surface area contributed by atoms with Crippen molar-refractivity contribution >= 4 is 29.2 Å². The molecule has 1 aliphatic heterocycles. The van der Waals surface area contributed by atoms with E-state index < -0.39 is 0 Å². The Hall–Kier alpha value is -1.94. The van der Waals surface area contributed by atoms with Crippen molar-refractivity contribution in [3.63, 3.8) is 0 Å². The molecule has 0 atom stereocenters. The molecular weight excluding hydrogens is 268 g/mol. The Bertz CT molecular complexity index is 642. The fourth-order valence-electron chi connectivity index (χ4n) is 2.44. The molecule has 3 rings (SSSR count). The zero-order valence-electron chi connectivity index (χ0n) is 11.3. The van der Waals surface area contributed by atoms with Crippen molar-refractivity contribution in [2.45, 2.75) is 11.3 Å². The minimum atomic E-state index is -0.0618. The minimum absolute atomic E-state index is 0.0618. The number of benzene rings is 2. The maximum absolute atomic E-state index is 12.4. The van der Waals surface area contributed by atoms with Crippen molar-refractivity contribution in [1.82, 2.24) is 0 Å². The summed E-state index contributed by atoms with van der Waals surface area (Å²) < 4.78 is 0. The van der Waals surface area contributed by atoms with Crippen LogP contribution in [0.1, 0.15) is 5.56 Å². The number of hydrogen-bond acceptors (Lipinski definition) is 2. The van der Waals surface area contributed by atoms with Gasteiger partial charge in [-0.1, -0.05) is 24.3 Å². The van der Waals surface area contributed by atoms with Gasteiger partial charge in [0.05, 0.1) is 0 Å². The molecule has 102 valence electrons. The highest BCUT2D eigenvalue weighted by molar-refractivity contribution is 7.98. The molecule has 20 heavy (non-hydrogen) atoms. The Morgan fingerprint density at radius 3 is 2.90 bits per heavy atom. The van der Waals surface area contributed by atoms with E-state index >= 15 is 0 Å². The van der Waals surface area contributed by atoms with E-state index in [2.05, 4.69) is 11.4 Å². The summed E-state index contributed by atoms with van der Waals surface area (Å²) in [5.41, 5.74) is 3.10. The third kappa shape index (κ3) is 2.51. The molecule has 1 N–H and O–H groups in total. The van der Waals surface area contributed by atoms with Crippen molar-refractivity contribution in [2.75, 3.05) is 23.0 Å². The molecule has 2 amide bonds. The van der Waals surface area contributed by atoms with Gasteiger partial charge >= 0.3 is 6.03 Å². The highest BCUT2D eigenvalue weighted by Gasteiger charge is 2.23. The quantitative estimate of drug-likeness (QED) is 0.845. The first-order valence-electron chi connectivity index (χ1n) is 6.58. The van der Waals surface area contributed by atoms with Crippen LogP contribution >= 0.6 is 11.8 Å². The second kappa shape index (κ2) is 5.59. The molecule has 0 saturated carbocycles. The number of hydrogen-bond donors (Lipinski definition) is 1. The minimum Gasteiger partial charge on any atom is -0.308 e. The first kappa shape index (κ1) is 13.1. The van der Waals surface area contributed by atoms with Gasteiger partial charge in [0, 0.05) is 22.8 Å². The molecule has 0 aliphatic carbocycles. The molecule has 3 nitrogen and oxygen atoms in total. The number of nitrogens with zero attached hydrogens (tertiary/aromatic N) is 1. The van der Waals surface area contributed by atoms with Gasteiger partial charge in [0.2, 0.25) is 0 Å². The van der Waals surface area contributed by atoms with E-state index in [0.717, 1.165) is 29.2 Å². The summed E-state index contributed by atoms with van der Waals surface area (Å²) in [6.45, 7) is 0.743. The summed E-state index contributed by atoms with van der Waals surface area (Å²) in [6.07, 6.45) is 2.95. The highest BCUT2D eigenvalue weighted by Crippen LogP contribution is 2.28. The van der Waals surface area contributed by atoms with Crippen LogP contribution in [-0.4, -0.2) is 18.8 Å². The molecule has 1 heterocycles. The van der Waals surface area contributed by atoms with Gasteiger partial charge in [-0.15, -0.1) is 11.8 Å². The number of thioether (sulfide) groups is 1. The van der Waals surface area contributed by atoms with Crippen LogP contribution in [0, 0.1) is 0 Å². The van der Waals surface area contributed by atoms with Crippen molar-refractivity contribution in [2.24, 2.45) is 0 Å². The van der Waals surface area contributed by atoms with E-state index in [1.807, 2.05) is 48.7 Å². The van der Waals surface area contributed by atoms with E-state index in [1.165, 1.54) is 5.56 Å². The number of carbonyl (C=O) groups is 1. The van der Waals surface area contributed by atoms with Crippen molar-refractivity contribution in [3.05, 3.63) is 54.1 Å². The number of anilines is 2. The second-order valence-corrected chi connectivity index (χ2v) is 5.57. The lowest BCUT2D eigenvalue weighted by atomic mass is 10.2. The highest BCUT2D eigenvalue weighted by atomic mass is 32.2. The number of rotatable bonds is 2. The predicted octanol–water partition coefficient (Wildman–Crippen LogP) is 4.00. The normalized spacial score (nSPS) is 13.2. The van der Waals surface area contributed by atoms with Crippen LogP contribution in [0.4, 0.5) is 16.2 Å². The van der Waals surface area contributed by atoms with Crippen LogP contribution in [0.2, 0.25) is 0 Å². The molecule has 0 bridgehead atoms. The Kier molecular flexibility index (Phi) is 3.65. The average Bonchev–Trinajstić information content (AvgIpc) is 2.91. The van der Waals surface area contributed by atoms with Gasteiger partial charge in [-0.2, -0.15) is 0 Å². The van der Waals surface area contributed by atoms with E-state index in [4.69, 9.17) is 0 Å². The zero-order chi connectivity index (χ0) is 13.9. The monoisotopic (exact) mass is 284 g/mol. The summed E-state index contributed by atoms with van der Waals surface area (Å²) in [7, 11) is 0. The first-order chi connectivity index (χ1) is 9.78. The Labute approximate surface area is 123 Å². The Balaban J connectivity index is 1.77. The van der Waals surface area contributed by atoms with E-state index in [1.54, 1.807) is 16.7 Å². The summed E-state index contributed by atoms with van der Waals surface area (Å²) in [5, 5.41) is 2.97. The Morgan fingerprint density at radius 2 is 2.05 bits per heavy atom. The van der Waals surface area contributed by atoms with Gasteiger partial charge in [0.25, 0.3) is 0 Å². The fourth-order valence-corrected chi connectivity index (χ4v) is 2.90. The predicted molar refractivity (Wildman–Crippen MR) is 84.7 cm³/mol. The number of amides is 2. The Morgan fingerprint density at radius 1 is 1.20 bits per heavy atom. The molecule has 0 fully saturated rings. The SMILES string of the molecule is CSc1cccc(NC(=O)N2CCc3ccccc32)c1. The van der Waals surface area contributed by atoms with Gasteiger partial charge in [-0.25, -0.2) is 4.79 Å². The molecule has 0 saturated heterocycles. The van der Waals surface area contributed by atoms with Gasteiger partial charge in [-0.05, 0) is 42.5 Å². The number of fused-ring (bicyclic) bond motifs is 1. The van der Waals surface area contributed by atoms with Gasteiger partial charge < -0.3 is 5.32 Å². The number of para-hydroxylation sites is 1. The lowest BCUT2D eigenvalue weighted by Crippen LogP contribution is -2.33. The topological polar surface area (TPSA) is 32.3 Å². The van der Waals surface area contributed by atoms with Crippen molar-refractivity contribution in [1.29, 1.82) is 0 Å². The third-order valence-corrected chi connectivity index (χ3v) is 4.18. The van der Waals surface area contributed by atoms with Crippen LogP contribution in [0.25, 0.3) is 0 Å². The maximum Gasteiger partial charge on any atom is 0.326 e. The van der Waals surface area contributed by atoms with Crippen molar-refractivity contribution in [3.8, 4) is 0 Å². The van der Waals surface area contributed by atoms with Crippen LogP contribution in [-0.2, 0) is 6.42 Å². The van der Waals surface area contributed by atoms with E-state index in [-0.39, 0.29) is 6.03 Å². The smallest absolute Gasteiger partial charge is 0.308 e. The molecule has 1 aliphatic rings. The van der Waals surface area contributed by atoms with Crippen LogP contribution in [0.5, 0.6) is 0 Å². The van der Waals surface area contributed by atoms with Crippen LogP contribution in [0.15, 0.2) is 53.4 Å². The zero-order valence-corrected chi connectivity index (χ0v) is 12.1. The molecule has 0 spiro atoms.